The Bertz CT molecular complexity index is 591. The Morgan fingerprint density at radius 3 is 2.94 bits per heavy atom. The maximum absolute atomic E-state index is 4.43. The van der Waals surface area contributed by atoms with E-state index >= 15 is 0 Å². The Balaban J connectivity index is 1.95. The molecule has 0 radical (unpaired) electrons. The Hall–Kier alpha value is -2.01. The molecule has 0 aliphatic rings. The van der Waals surface area contributed by atoms with Crippen molar-refractivity contribution in [1.29, 1.82) is 0 Å². The largest absolute Gasteiger partial charge is 0.338 e. The van der Waals surface area contributed by atoms with Crippen LogP contribution in [0.5, 0.6) is 0 Å². The minimum Gasteiger partial charge on any atom is -0.338 e. The molecule has 2 heterocycles. The number of nitrogens with zero attached hydrogens (tertiary/aromatic N) is 3. The van der Waals surface area contributed by atoms with Gasteiger partial charge in [-0.05, 0) is 24.3 Å². The van der Waals surface area contributed by atoms with E-state index in [9.17, 15) is 0 Å². The third-order valence-corrected chi connectivity index (χ3v) is 2.69. The molecule has 3 aromatic rings. The normalized spacial score (nSPS) is 11.5. The number of aromatic amines is 1. The van der Waals surface area contributed by atoms with Gasteiger partial charge in [0.25, 0.3) is 0 Å². The van der Waals surface area contributed by atoms with Crippen LogP contribution in [0.15, 0.2) is 30.5 Å². The summed E-state index contributed by atoms with van der Waals surface area (Å²) >= 11 is 1.20. The van der Waals surface area contributed by atoms with E-state index in [0.717, 1.165) is 22.6 Å². The van der Waals surface area contributed by atoms with Gasteiger partial charge in [-0.3, -0.25) is 0 Å². The molecule has 0 saturated carbocycles. The second kappa shape index (κ2) is 3.86. The van der Waals surface area contributed by atoms with Crippen molar-refractivity contribution in [2.24, 2.45) is 0 Å². The fourth-order valence-corrected chi connectivity index (χ4v) is 1.87. The van der Waals surface area contributed by atoms with Gasteiger partial charge in [0, 0.05) is 0 Å². The summed E-state index contributed by atoms with van der Waals surface area (Å²) in [6.07, 6.45) is 5.52. The highest BCUT2D eigenvalue weighted by molar-refractivity contribution is 6.99. The van der Waals surface area contributed by atoms with Crippen LogP contribution >= 0.6 is 11.7 Å². The number of hydrogen-bond acceptors (Lipinski definition) is 4. The average molecular weight is 228 g/mol. The molecular weight excluding hydrogens is 220 g/mol. The zero-order valence-electron chi connectivity index (χ0n) is 8.29. The Kier molecular flexibility index (Phi) is 2.23. The summed E-state index contributed by atoms with van der Waals surface area (Å²) in [4.78, 5) is 7.64. The van der Waals surface area contributed by atoms with Gasteiger partial charge in [0.2, 0.25) is 0 Å². The van der Waals surface area contributed by atoms with Gasteiger partial charge in [-0.2, -0.15) is 8.75 Å². The van der Waals surface area contributed by atoms with Gasteiger partial charge in [-0.25, -0.2) is 4.98 Å². The monoisotopic (exact) mass is 228 g/mol. The molecule has 1 N–H and O–H groups in total. The molecule has 16 heavy (non-hydrogen) atoms. The van der Waals surface area contributed by atoms with E-state index < -0.39 is 0 Å². The van der Waals surface area contributed by atoms with E-state index in [1.165, 1.54) is 11.7 Å². The Labute approximate surface area is 96.0 Å². The minimum atomic E-state index is 0.828. The van der Waals surface area contributed by atoms with Crippen LogP contribution in [0.4, 0.5) is 0 Å². The topological polar surface area (TPSA) is 54.5 Å². The summed E-state index contributed by atoms with van der Waals surface area (Å²) in [5.41, 5.74) is 2.86. The SMILES string of the molecule is C(=Cc1nc2ccccc2[nH]1)c1cnsn1. The predicted molar refractivity (Wildman–Crippen MR) is 64.9 cm³/mol. The molecule has 0 amide bonds. The molecule has 0 unspecified atom stereocenters. The highest BCUT2D eigenvalue weighted by Crippen LogP contribution is 2.12. The molecule has 0 saturated heterocycles. The summed E-state index contributed by atoms with van der Waals surface area (Å²) in [6.45, 7) is 0. The van der Waals surface area contributed by atoms with Crippen LogP contribution in [0.3, 0.4) is 0 Å². The van der Waals surface area contributed by atoms with Gasteiger partial charge in [-0.15, -0.1) is 0 Å². The number of aromatic nitrogens is 4. The fraction of sp³-hybridized carbons (Fsp3) is 0. The molecule has 1 aromatic carbocycles. The van der Waals surface area contributed by atoms with Gasteiger partial charge in [0.1, 0.15) is 5.82 Å². The number of para-hydroxylation sites is 2. The lowest BCUT2D eigenvalue weighted by atomic mass is 10.3. The Morgan fingerprint density at radius 2 is 2.12 bits per heavy atom. The number of benzene rings is 1. The molecule has 3 rings (SSSR count). The molecule has 2 aromatic heterocycles. The van der Waals surface area contributed by atoms with Gasteiger partial charge >= 0.3 is 0 Å². The van der Waals surface area contributed by atoms with E-state index in [0.29, 0.717) is 0 Å². The lowest BCUT2D eigenvalue weighted by molar-refractivity contribution is 1.29. The second-order valence-electron chi connectivity index (χ2n) is 3.30. The standard InChI is InChI=1S/C11H8N4S/c1-2-4-10-9(3-1)13-11(14-10)6-5-8-7-12-16-15-8/h1-7H,(H,13,14). The molecular formula is C11H8N4S. The average Bonchev–Trinajstić information content (AvgIpc) is 2.95. The van der Waals surface area contributed by atoms with Crippen LogP contribution in [-0.4, -0.2) is 18.7 Å². The molecule has 78 valence electrons. The Morgan fingerprint density at radius 1 is 1.19 bits per heavy atom. The highest BCUT2D eigenvalue weighted by atomic mass is 32.1. The van der Waals surface area contributed by atoms with Gasteiger partial charge in [-0.1, -0.05) is 12.1 Å². The molecule has 0 fully saturated rings. The number of imidazole rings is 1. The lowest BCUT2D eigenvalue weighted by Crippen LogP contribution is -1.73. The van der Waals surface area contributed by atoms with E-state index in [1.807, 2.05) is 36.4 Å². The highest BCUT2D eigenvalue weighted by Gasteiger charge is 1.98. The summed E-state index contributed by atoms with van der Waals surface area (Å²) in [5.74, 6) is 0.828. The van der Waals surface area contributed by atoms with Gasteiger partial charge in [0.05, 0.1) is 34.7 Å². The van der Waals surface area contributed by atoms with Crippen LogP contribution < -0.4 is 0 Å². The summed E-state index contributed by atoms with van der Waals surface area (Å²) in [5, 5.41) is 0. The number of hydrogen-bond donors (Lipinski definition) is 1. The minimum absolute atomic E-state index is 0.828. The van der Waals surface area contributed by atoms with E-state index in [1.54, 1.807) is 6.20 Å². The summed E-state index contributed by atoms with van der Waals surface area (Å²) in [6, 6.07) is 7.94. The van der Waals surface area contributed by atoms with Crippen molar-refractivity contribution in [2.45, 2.75) is 0 Å². The van der Waals surface area contributed by atoms with Crippen LogP contribution in [0.2, 0.25) is 0 Å². The number of nitrogens with one attached hydrogen (secondary N) is 1. The molecule has 4 nitrogen and oxygen atoms in total. The van der Waals surface area contributed by atoms with E-state index in [2.05, 4.69) is 18.7 Å². The first kappa shape index (κ1) is 9.23. The zero-order valence-corrected chi connectivity index (χ0v) is 9.11. The molecule has 0 spiro atoms. The second-order valence-corrected chi connectivity index (χ2v) is 3.86. The van der Waals surface area contributed by atoms with Crippen molar-refractivity contribution in [3.8, 4) is 0 Å². The third-order valence-electron chi connectivity index (χ3n) is 2.20. The van der Waals surface area contributed by atoms with Crippen molar-refractivity contribution < 1.29 is 0 Å². The van der Waals surface area contributed by atoms with Crippen molar-refractivity contribution in [3.63, 3.8) is 0 Å². The maximum Gasteiger partial charge on any atom is 0.131 e. The molecule has 0 aliphatic heterocycles. The van der Waals surface area contributed by atoms with Crippen LogP contribution in [0.25, 0.3) is 23.2 Å². The van der Waals surface area contributed by atoms with Gasteiger partial charge in [0.15, 0.2) is 0 Å². The fourth-order valence-electron chi connectivity index (χ4n) is 1.46. The predicted octanol–water partition coefficient (Wildman–Crippen LogP) is 2.58. The molecule has 5 heteroatoms. The third kappa shape index (κ3) is 1.72. The number of H-pyrrole nitrogens is 1. The molecule has 0 atom stereocenters. The van der Waals surface area contributed by atoms with E-state index in [-0.39, 0.29) is 0 Å². The summed E-state index contributed by atoms with van der Waals surface area (Å²) in [7, 11) is 0. The van der Waals surface area contributed by atoms with Crippen LogP contribution in [-0.2, 0) is 0 Å². The van der Waals surface area contributed by atoms with Crippen molar-refractivity contribution >= 4 is 34.9 Å². The van der Waals surface area contributed by atoms with Gasteiger partial charge < -0.3 is 4.98 Å². The quantitative estimate of drug-likeness (QED) is 0.733. The summed E-state index contributed by atoms with van der Waals surface area (Å²) < 4.78 is 8.01. The van der Waals surface area contributed by atoms with Crippen molar-refractivity contribution in [2.75, 3.05) is 0 Å². The van der Waals surface area contributed by atoms with E-state index in [4.69, 9.17) is 0 Å². The first-order chi connectivity index (χ1) is 7.92. The molecule has 0 aliphatic carbocycles. The number of fused-ring (bicyclic) bond motifs is 1. The maximum atomic E-state index is 4.43. The first-order valence-corrected chi connectivity index (χ1v) is 5.55. The first-order valence-electron chi connectivity index (χ1n) is 4.82. The zero-order chi connectivity index (χ0) is 10.8. The van der Waals surface area contributed by atoms with Crippen LogP contribution in [0.1, 0.15) is 11.5 Å². The lowest BCUT2D eigenvalue weighted by Gasteiger charge is -1.82. The van der Waals surface area contributed by atoms with Crippen molar-refractivity contribution in [3.05, 3.63) is 42.0 Å². The van der Waals surface area contributed by atoms with Crippen molar-refractivity contribution in [1.82, 2.24) is 18.7 Å². The number of rotatable bonds is 2. The smallest absolute Gasteiger partial charge is 0.131 e. The van der Waals surface area contributed by atoms with Crippen LogP contribution in [0, 0.1) is 0 Å². The molecule has 0 bridgehead atoms.